The fraction of sp³-hybridized carbons (Fsp3) is 0.250. The number of rotatable bonds is 9. The maximum atomic E-state index is 12.4. The van der Waals surface area contributed by atoms with Gasteiger partial charge in [0.2, 0.25) is 0 Å². The number of hydrogen-bond donors (Lipinski definition) is 0. The van der Waals surface area contributed by atoms with Crippen LogP contribution in [0.1, 0.15) is 27.4 Å². The van der Waals surface area contributed by atoms with Gasteiger partial charge in [-0.05, 0) is 42.8 Å². The highest BCUT2D eigenvalue weighted by Gasteiger charge is 2.18. The Hall–Kier alpha value is -3.74. The Morgan fingerprint density at radius 3 is 2.26 bits per heavy atom. The van der Waals surface area contributed by atoms with Gasteiger partial charge in [0.1, 0.15) is 35.2 Å². The maximum Gasteiger partial charge on any atom is 0.341 e. The first-order valence-corrected chi connectivity index (χ1v) is 9.77. The summed E-state index contributed by atoms with van der Waals surface area (Å²) < 4.78 is 21.6. The molecule has 0 saturated heterocycles. The monoisotopic (exact) mass is 423 g/mol. The predicted octanol–water partition coefficient (Wildman–Crippen LogP) is 3.99. The lowest BCUT2D eigenvalue weighted by molar-refractivity contribution is -0.132. The van der Waals surface area contributed by atoms with Gasteiger partial charge in [0, 0.05) is 7.05 Å². The van der Waals surface area contributed by atoms with Crippen LogP contribution in [0, 0.1) is 6.92 Å². The molecule has 1 amide bonds. The third-order valence-electron chi connectivity index (χ3n) is 4.63. The van der Waals surface area contributed by atoms with E-state index in [0.717, 1.165) is 5.56 Å². The van der Waals surface area contributed by atoms with Crippen LogP contribution in [0.5, 0.6) is 11.5 Å². The number of amides is 1. The van der Waals surface area contributed by atoms with E-state index in [9.17, 15) is 9.59 Å². The highest BCUT2D eigenvalue weighted by molar-refractivity contribution is 5.90. The molecule has 0 fully saturated rings. The molecule has 0 unspecified atom stereocenters. The summed E-state index contributed by atoms with van der Waals surface area (Å²) in [5.74, 6) is 1.53. The molecular formula is C24H25NO6. The smallest absolute Gasteiger partial charge is 0.341 e. The Kier molecular flexibility index (Phi) is 7.32. The van der Waals surface area contributed by atoms with E-state index < -0.39 is 5.97 Å². The first kappa shape index (κ1) is 22.0. The van der Waals surface area contributed by atoms with Crippen LogP contribution in [-0.2, 0) is 22.7 Å². The Bertz CT molecular complexity index is 1010. The number of methoxy groups -OCH3 is 1. The number of carbonyl (C=O) groups excluding carboxylic acids is 2. The summed E-state index contributed by atoms with van der Waals surface area (Å²) in [5.41, 5.74) is 1.44. The number of carbonyl (C=O) groups is 2. The Morgan fingerprint density at radius 2 is 1.61 bits per heavy atom. The van der Waals surface area contributed by atoms with Crippen LogP contribution >= 0.6 is 0 Å². The first-order valence-electron chi connectivity index (χ1n) is 9.77. The molecule has 31 heavy (non-hydrogen) atoms. The van der Waals surface area contributed by atoms with Gasteiger partial charge < -0.3 is 23.5 Å². The maximum absolute atomic E-state index is 12.4. The quantitative estimate of drug-likeness (QED) is 0.484. The van der Waals surface area contributed by atoms with Crippen LogP contribution in [0.2, 0.25) is 0 Å². The fourth-order valence-electron chi connectivity index (χ4n) is 2.88. The van der Waals surface area contributed by atoms with Gasteiger partial charge in [-0.15, -0.1) is 0 Å². The molecule has 0 aliphatic rings. The van der Waals surface area contributed by atoms with Gasteiger partial charge in [0.25, 0.3) is 5.91 Å². The van der Waals surface area contributed by atoms with Crippen molar-refractivity contribution in [3.8, 4) is 11.5 Å². The summed E-state index contributed by atoms with van der Waals surface area (Å²) in [6.45, 7) is 2.25. The SMILES string of the molecule is COC(=O)c1cc(CN(C)C(=O)COc2ccc(OCc3ccccc3)cc2)oc1C. The minimum Gasteiger partial charge on any atom is -0.489 e. The molecule has 0 aliphatic carbocycles. The van der Waals surface area contributed by atoms with Crippen molar-refractivity contribution in [2.45, 2.75) is 20.1 Å². The van der Waals surface area contributed by atoms with Crippen LogP contribution in [0.4, 0.5) is 0 Å². The van der Waals surface area contributed by atoms with Gasteiger partial charge in [-0.2, -0.15) is 0 Å². The van der Waals surface area contributed by atoms with Gasteiger partial charge in [0.05, 0.1) is 13.7 Å². The molecule has 0 bridgehead atoms. The minimum absolute atomic E-state index is 0.121. The minimum atomic E-state index is -0.471. The summed E-state index contributed by atoms with van der Waals surface area (Å²) in [7, 11) is 2.95. The number of esters is 1. The summed E-state index contributed by atoms with van der Waals surface area (Å²) >= 11 is 0. The number of ether oxygens (including phenoxy) is 3. The summed E-state index contributed by atoms with van der Waals surface area (Å²) in [6.07, 6.45) is 0. The van der Waals surface area contributed by atoms with Crippen molar-refractivity contribution >= 4 is 11.9 Å². The second kappa shape index (κ2) is 10.3. The van der Waals surface area contributed by atoms with E-state index in [1.165, 1.54) is 12.0 Å². The molecule has 1 aromatic heterocycles. The van der Waals surface area contributed by atoms with Crippen molar-refractivity contribution in [1.82, 2.24) is 4.90 Å². The van der Waals surface area contributed by atoms with E-state index in [4.69, 9.17) is 18.6 Å². The van der Waals surface area contributed by atoms with Crippen molar-refractivity contribution in [1.29, 1.82) is 0 Å². The molecule has 0 spiro atoms. The standard InChI is InChI=1S/C24H25NO6/c1-17-22(24(27)28-3)13-21(31-17)14-25(2)23(26)16-30-20-11-9-19(10-12-20)29-15-18-7-5-4-6-8-18/h4-13H,14-16H2,1-3H3. The fourth-order valence-corrected chi connectivity index (χ4v) is 2.88. The van der Waals surface area contributed by atoms with Crippen LogP contribution < -0.4 is 9.47 Å². The van der Waals surface area contributed by atoms with Crippen LogP contribution in [0.15, 0.2) is 65.1 Å². The van der Waals surface area contributed by atoms with E-state index in [1.807, 2.05) is 30.3 Å². The third kappa shape index (κ3) is 6.12. The lowest BCUT2D eigenvalue weighted by Gasteiger charge is -2.16. The molecular weight excluding hydrogens is 398 g/mol. The summed E-state index contributed by atoms with van der Waals surface area (Å²) in [5, 5.41) is 0. The average molecular weight is 423 g/mol. The van der Waals surface area contributed by atoms with Gasteiger partial charge in [-0.25, -0.2) is 4.79 Å². The molecule has 0 saturated carbocycles. The molecule has 3 aromatic rings. The molecule has 7 nitrogen and oxygen atoms in total. The van der Waals surface area contributed by atoms with Crippen molar-refractivity contribution in [2.24, 2.45) is 0 Å². The van der Waals surface area contributed by atoms with Crippen molar-refractivity contribution in [2.75, 3.05) is 20.8 Å². The van der Waals surface area contributed by atoms with Crippen LogP contribution in [-0.4, -0.2) is 37.5 Å². The molecule has 0 aliphatic heterocycles. The topological polar surface area (TPSA) is 78.2 Å². The summed E-state index contributed by atoms with van der Waals surface area (Å²) in [6, 6.07) is 18.6. The number of benzene rings is 2. The normalized spacial score (nSPS) is 10.4. The van der Waals surface area contributed by atoms with Gasteiger partial charge in [-0.1, -0.05) is 30.3 Å². The highest BCUT2D eigenvalue weighted by Crippen LogP contribution is 2.20. The van der Waals surface area contributed by atoms with Crippen LogP contribution in [0.25, 0.3) is 0 Å². The van der Waals surface area contributed by atoms with Gasteiger partial charge in [-0.3, -0.25) is 4.79 Å². The zero-order valence-corrected chi connectivity index (χ0v) is 17.8. The zero-order valence-electron chi connectivity index (χ0n) is 17.8. The molecule has 0 radical (unpaired) electrons. The first-order chi connectivity index (χ1) is 15.0. The lowest BCUT2D eigenvalue weighted by atomic mass is 10.2. The second-order valence-electron chi connectivity index (χ2n) is 6.96. The number of likely N-dealkylation sites (N-methyl/N-ethyl adjacent to an activating group) is 1. The zero-order chi connectivity index (χ0) is 22.2. The molecule has 3 rings (SSSR count). The Labute approximate surface area is 181 Å². The molecule has 1 heterocycles. The second-order valence-corrected chi connectivity index (χ2v) is 6.96. The van der Waals surface area contributed by atoms with Crippen molar-refractivity contribution in [3.63, 3.8) is 0 Å². The Balaban J connectivity index is 1.47. The van der Waals surface area contributed by atoms with Gasteiger partial charge in [0.15, 0.2) is 6.61 Å². The van der Waals surface area contributed by atoms with E-state index >= 15 is 0 Å². The van der Waals surface area contributed by atoms with E-state index in [1.54, 1.807) is 44.3 Å². The molecule has 7 heteroatoms. The molecule has 162 valence electrons. The number of aryl methyl sites for hydroxylation is 1. The highest BCUT2D eigenvalue weighted by atomic mass is 16.5. The average Bonchev–Trinajstić information content (AvgIpc) is 3.16. The van der Waals surface area contributed by atoms with E-state index in [2.05, 4.69) is 0 Å². The Morgan fingerprint density at radius 1 is 0.968 bits per heavy atom. The van der Waals surface area contributed by atoms with E-state index in [-0.39, 0.29) is 19.1 Å². The van der Waals surface area contributed by atoms with E-state index in [0.29, 0.717) is 35.2 Å². The molecule has 0 N–H and O–H groups in total. The predicted molar refractivity (Wildman–Crippen MR) is 114 cm³/mol. The molecule has 0 atom stereocenters. The molecule has 2 aromatic carbocycles. The number of hydrogen-bond acceptors (Lipinski definition) is 6. The largest absolute Gasteiger partial charge is 0.489 e. The third-order valence-corrected chi connectivity index (χ3v) is 4.63. The number of nitrogens with zero attached hydrogens (tertiary/aromatic N) is 1. The number of furan rings is 1. The van der Waals surface area contributed by atoms with Crippen molar-refractivity contribution < 1.29 is 28.2 Å². The van der Waals surface area contributed by atoms with Gasteiger partial charge >= 0.3 is 5.97 Å². The van der Waals surface area contributed by atoms with Crippen molar-refractivity contribution in [3.05, 3.63) is 83.3 Å². The van der Waals surface area contributed by atoms with Crippen LogP contribution in [0.3, 0.4) is 0 Å². The lowest BCUT2D eigenvalue weighted by Crippen LogP contribution is -2.30. The summed E-state index contributed by atoms with van der Waals surface area (Å²) in [4.78, 5) is 25.5.